The molecule has 2 aromatic heterocycles. The summed E-state index contributed by atoms with van der Waals surface area (Å²) < 4.78 is 65.6. The maximum absolute atomic E-state index is 10.6. The summed E-state index contributed by atoms with van der Waals surface area (Å²) in [4.78, 5) is 35.5. The molecule has 1 saturated heterocycles. The van der Waals surface area contributed by atoms with Crippen molar-refractivity contribution in [3.63, 3.8) is 0 Å². The molecular formula is C24H28F6N6O4. The molecule has 0 bridgehead atoms. The first-order valence-corrected chi connectivity index (χ1v) is 11.7. The van der Waals surface area contributed by atoms with Crippen LogP contribution >= 0.6 is 0 Å². The Kier molecular flexibility index (Phi) is 11.2. The number of halogens is 6. The van der Waals surface area contributed by atoms with E-state index in [1.165, 1.54) is 5.69 Å². The number of aliphatic carboxylic acids is 2. The third-order valence-corrected chi connectivity index (χ3v) is 5.64. The number of H-pyrrole nitrogens is 1. The number of aryl methyl sites for hydroxylation is 2. The zero-order valence-electron chi connectivity index (χ0n) is 21.5. The summed E-state index contributed by atoms with van der Waals surface area (Å²) in [6, 6.07) is 10.3. The molecule has 40 heavy (non-hydrogen) atoms. The third-order valence-electron chi connectivity index (χ3n) is 5.64. The molecule has 0 radical (unpaired) electrons. The number of nitrogens with one attached hydrogen (secondary N) is 1. The summed E-state index contributed by atoms with van der Waals surface area (Å²) >= 11 is 0. The molecule has 220 valence electrons. The highest BCUT2D eigenvalue weighted by Gasteiger charge is 2.38. The first-order valence-electron chi connectivity index (χ1n) is 11.7. The number of carbonyl (C=O) groups is 2. The van der Waals surface area contributed by atoms with Crippen LogP contribution in [0.3, 0.4) is 0 Å². The fourth-order valence-corrected chi connectivity index (χ4v) is 3.45. The zero-order valence-corrected chi connectivity index (χ0v) is 21.5. The van der Waals surface area contributed by atoms with Crippen molar-refractivity contribution in [1.29, 1.82) is 0 Å². The molecule has 3 aromatic rings. The van der Waals surface area contributed by atoms with Crippen LogP contribution in [0.4, 0.5) is 26.3 Å². The van der Waals surface area contributed by atoms with Gasteiger partial charge in [0.15, 0.2) is 0 Å². The van der Waals surface area contributed by atoms with E-state index < -0.39 is 24.3 Å². The number of carboxylic acid groups (broad SMARTS) is 2. The second-order valence-electron chi connectivity index (χ2n) is 8.64. The predicted octanol–water partition coefficient (Wildman–Crippen LogP) is 3.70. The van der Waals surface area contributed by atoms with Gasteiger partial charge in [-0.15, -0.1) is 0 Å². The van der Waals surface area contributed by atoms with Gasteiger partial charge in [-0.2, -0.15) is 26.3 Å². The van der Waals surface area contributed by atoms with Gasteiger partial charge in [-0.05, 0) is 6.92 Å². The topological polar surface area (TPSA) is 128 Å². The Morgan fingerprint density at radius 1 is 0.900 bits per heavy atom. The highest BCUT2D eigenvalue weighted by Crippen LogP contribution is 2.19. The summed E-state index contributed by atoms with van der Waals surface area (Å²) in [5.74, 6) is -3.42. The van der Waals surface area contributed by atoms with Gasteiger partial charge in [0.1, 0.15) is 11.6 Å². The quantitative estimate of drug-likeness (QED) is 0.391. The first-order chi connectivity index (χ1) is 18.6. The standard InChI is InChI=1S/C20H26N6.2C2HF3O2/c1-16-18(23-20(22-16)17-6-4-3-5-7-17)14-25-10-12-26(13-11-25)15-19-21-8-9-24(19)2;2*3-2(4,5)1(6)7/h3-9H,10-15H2,1-2H3,(H,22,23);2*(H,6,7). The van der Waals surface area contributed by atoms with Crippen molar-refractivity contribution in [2.75, 3.05) is 26.2 Å². The van der Waals surface area contributed by atoms with E-state index >= 15 is 0 Å². The van der Waals surface area contributed by atoms with Crippen molar-refractivity contribution in [3.8, 4) is 11.4 Å². The fourth-order valence-electron chi connectivity index (χ4n) is 3.45. The smallest absolute Gasteiger partial charge is 0.475 e. The van der Waals surface area contributed by atoms with E-state index in [-0.39, 0.29) is 0 Å². The van der Waals surface area contributed by atoms with Crippen molar-refractivity contribution in [2.24, 2.45) is 7.05 Å². The maximum Gasteiger partial charge on any atom is 0.490 e. The number of benzene rings is 1. The van der Waals surface area contributed by atoms with E-state index in [2.05, 4.69) is 50.4 Å². The molecule has 4 rings (SSSR count). The van der Waals surface area contributed by atoms with Gasteiger partial charge < -0.3 is 19.8 Å². The summed E-state index contributed by atoms with van der Waals surface area (Å²) in [6.45, 7) is 8.23. The SMILES string of the molecule is Cc1[nH]c(-c2ccccc2)nc1CN1CCN(Cc2nccn2C)CC1.O=C(O)C(F)(F)F.O=C(O)C(F)(F)F. The number of hydrogen-bond donors (Lipinski definition) is 3. The molecule has 1 aliphatic heterocycles. The van der Waals surface area contributed by atoms with Gasteiger partial charge in [-0.25, -0.2) is 19.6 Å². The van der Waals surface area contributed by atoms with Gasteiger partial charge in [0.25, 0.3) is 0 Å². The summed E-state index contributed by atoms with van der Waals surface area (Å²) in [6.07, 6.45) is -6.29. The van der Waals surface area contributed by atoms with Crippen LogP contribution in [0.1, 0.15) is 17.2 Å². The van der Waals surface area contributed by atoms with Crippen LogP contribution in [0.5, 0.6) is 0 Å². The largest absolute Gasteiger partial charge is 0.490 e. The average Bonchev–Trinajstić information content (AvgIpc) is 3.45. The average molecular weight is 579 g/mol. The molecule has 0 spiro atoms. The van der Waals surface area contributed by atoms with Crippen LogP contribution in [0.15, 0.2) is 42.7 Å². The third kappa shape index (κ3) is 10.3. The van der Waals surface area contributed by atoms with Gasteiger partial charge in [-0.3, -0.25) is 9.80 Å². The van der Waals surface area contributed by atoms with Crippen LogP contribution < -0.4 is 0 Å². The van der Waals surface area contributed by atoms with Crippen molar-refractivity contribution in [3.05, 3.63) is 59.9 Å². The number of alkyl halides is 6. The lowest BCUT2D eigenvalue weighted by Crippen LogP contribution is -2.45. The van der Waals surface area contributed by atoms with Crippen molar-refractivity contribution in [1.82, 2.24) is 29.3 Å². The second-order valence-corrected chi connectivity index (χ2v) is 8.64. The molecule has 0 saturated carbocycles. The molecular weight excluding hydrogens is 550 g/mol. The number of imidazole rings is 2. The van der Waals surface area contributed by atoms with Crippen LogP contribution in [0.2, 0.25) is 0 Å². The Balaban J connectivity index is 0.000000333. The molecule has 0 unspecified atom stereocenters. The van der Waals surface area contributed by atoms with Gasteiger partial charge >= 0.3 is 24.3 Å². The molecule has 1 fully saturated rings. The highest BCUT2D eigenvalue weighted by atomic mass is 19.4. The lowest BCUT2D eigenvalue weighted by atomic mass is 10.2. The predicted molar refractivity (Wildman–Crippen MR) is 130 cm³/mol. The minimum absolute atomic E-state index is 0.908. The highest BCUT2D eigenvalue weighted by molar-refractivity contribution is 5.73. The van der Waals surface area contributed by atoms with E-state index in [1.54, 1.807) is 0 Å². The van der Waals surface area contributed by atoms with Crippen LogP contribution in [-0.4, -0.2) is 90.0 Å². The molecule has 3 N–H and O–H groups in total. The summed E-state index contributed by atoms with van der Waals surface area (Å²) in [5.41, 5.74) is 3.46. The van der Waals surface area contributed by atoms with E-state index in [0.717, 1.165) is 62.2 Å². The molecule has 0 atom stereocenters. The Morgan fingerprint density at radius 2 is 1.38 bits per heavy atom. The Morgan fingerprint density at radius 3 is 1.80 bits per heavy atom. The van der Waals surface area contributed by atoms with Crippen LogP contribution in [-0.2, 0) is 29.7 Å². The minimum Gasteiger partial charge on any atom is -0.475 e. The Bertz CT molecular complexity index is 1210. The van der Waals surface area contributed by atoms with Crippen molar-refractivity contribution < 1.29 is 46.1 Å². The Labute approximate surface area is 224 Å². The van der Waals surface area contributed by atoms with Crippen LogP contribution in [0, 0.1) is 6.92 Å². The first kappa shape index (κ1) is 32.3. The minimum atomic E-state index is -5.08. The molecule has 10 nitrogen and oxygen atoms in total. The molecule has 3 heterocycles. The number of rotatable bonds is 5. The lowest BCUT2D eigenvalue weighted by molar-refractivity contribution is -0.193. The maximum atomic E-state index is 10.6. The van der Waals surface area contributed by atoms with Gasteiger partial charge in [0.05, 0.1) is 12.2 Å². The van der Waals surface area contributed by atoms with E-state index in [9.17, 15) is 26.3 Å². The monoisotopic (exact) mass is 578 g/mol. The number of hydrogen-bond acceptors (Lipinski definition) is 6. The molecule has 1 aliphatic rings. The molecule has 16 heteroatoms. The van der Waals surface area contributed by atoms with E-state index in [1.807, 2.05) is 30.6 Å². The number of piperazine rings is 1. The zero-order chi connectivity index (χ0) is 30.1. The molecule has 0 aliphatic carbocycles. The Hall–Kier alpha value is -3.92. The second kappa shape index (κ2) is 13.9. The van der Waals surface area contributed by atoms with Crippen molar-refractivity contribution in [2.45, 2.75) is 32.4 Å². The van der Waals surface area contributed by atoms with Gasteiger partial charge in [0.2, 0.25) is 0 Å². The summed E-state index contributed by atoms with van der Waals surface area (Å²) in [5, 5.41) is 14.2. The molecule has 1 aromatic carbocycles. The van der Waals surface area contributed by atoms with E-state index in [0.29, 0.717) is 0 Å². The number of nitrogens with zero attached hydrogens (tertiary/aromatic N) is 5. The van der Waals surface area contributed by atoms with Crippen LogP contribution in [0.25, 0.3) is 11.4 Å². The lowest BCUT2D eigenvalue weighted by Gasteiger charge is -2.34. The van der Waals surface area contributed by atoms with Gasteiger partial charge in [-0.1, -0.05) is 30.3 Å². The molecule has 0 amide bonds. The van der Waals surface area contributed by atoms with Gasteiger partial charge in [0, 0.05) is 63.4 Å². The van der Waals surface area contributed by atoms with E-state index in [4.69, 9.17) is 24.8 Å². The fraction of sp³-hybridized carbons (Fsp3) is 0.417. The number of aromatic amines is 1. The number of carboxylic acids is 2. The normalized spacial score (nSPS) is 14.5. The van der Waals surface area contributed by atoms with Crippen molar-refractivity contribution >= 4 is 11.9 Å². The number of aromatic nitrogens is 4. The summed E-state index contributed by atoms with van der Waals surface area (Å²) in [7, 11) is 2.06.